The standard InChI is InChI=1S/C28H32N6O6S.C23H24N6O4S/c1-17(35)33-41(38,39)21-13-11-20(12-14-21)31-26(36)24-25(29)30-16-22(32-24)18-7-9-19(10-8-18)23-6-5-15-34(23)27(37)40-28(2,3)4;1-14(30)29-34(32,33)18-10-8-17(9-11-18)27-23(31)21-22(24)26-13-20(28-21)16-6-4-15(5-7-16)19-3-2-12-25-19/h7-14,16,23H,5-6,15H2,1-4H3,(H2,29,30)(H,31,36)(H,33,35);4-11,13,19,25H,2-3,12H2,1H3,(H2,24,26)(H,27,31)(H,29,30). The molecule has 75 heavy (non-hydrogen) atoms. The Balaban J connectivity index is 0.000000222. The Morgan fingerprint density at radius 1 is 0.627 bits per heavy atom. The van der Waals surface area contributed by atoms with E-state index in [-0.39, 0.29) is 44.9 Å². The van der Waals surface area contributed by atoms with Gasteiger partial charge in [0.15, 0.2) is 23.0 Å². The minimum Gasteiger partial charge on any atom is -0.444 e. The number of carbonyl (C=O) groups is 5. The molecule has 2 aliphatic rings. The van der Waals surface area contributed by atoms with Gasteiger partial charge in [-0.25, -0.2) is 51.0 Å². The highest BCUT2D eigenvalue weighted by molar-refractivity contribution is 7.90. The number of nitrogen functional groups attached to an aromatic ring is 2. The van der Waals surface area contributed by atoms with Gasteiger partial charge < -0.3 is 37.1 Å². The summed E-state index contributed by atoms with van der Waals surface area (Å²) in [6, 6.07) is 26.3. The van der Waals surface area contributed by atoms with Gasteiger partial charge in [0.05, 0.1) is 39.6 Å². The van der Waals surface area contributed by atoms with Crippen LogP contribution in [0.5, 0.6) is 0 Å². The molecule has 2 unspecified atom stereocenters. The zero-order valence-corrected chi connectivity index (χ0v) is 43.2. The fourth-order valence-corrected chi connectivity index (χ4v) is 10.1. The van der Waals surface area contributed by atoms with Crippen molar-refractivity contribution >= 4 is 72.8 Å². The van der Waals surface area contributed by atoms with Gasteiger partial charge >= 0.3 is 6.09 Å². The summed E-state index contributed by atoms with van der Waals surface area (Å²) >= 11 is 0. The number of aromatic nitrogens is 4. The minimum atomic E-state index is -4.00. The van der Waals surface area contributed by atoms with Gasteiger partial charge in [-0.05, 0) is 113 Å². The Morgan fingerprint density at radius 3 is 1.47 bits per heavy atom. The van der Waals surface area contributed by atoms with Crippen molar-refractivity contribution in [3.8, 4) is 22.5 Å². The van der Waals surface area contributed by atoms with E-state index in [9.17, 15) is 40.8 Å². The summed E-state index contributed by atoms with van der Waals surface area (Å²) in [5.74, 6) is -2.74. The summed E-state index contributed by atoms with van der Waals surface area (Å²) in [4.78, 5) is 79.2. The number of hydrogen-bond donors (Lipinski definition) is 7. The van der Waals surface area contributed by atoms with Gasteiger partial charge in [-0.3, -0.25) is 19.2 Å². The molecule has 0 saturated carbocycles. The van der Waals surface area contributed by atoms with Crippen LogP contribution < -0.4 is 36.9 Å². The molecule has 4 aromatic carbocycles. The average molecular weight is 1060 g/mol. The molecular weight excluding hydrogens is 1000 g/mol. The molecule has 392 valence electrons. The molecule has 2 aromatic heterocycles. The van der Waals surface area contributed by atoms with Crippen LogP contribution in [0.3, 0.4) is 0 Å². The smallest absolute Gasteiger partial charge is 0.410 e. The zero-order chi connectivity index (χ0) is 54.2. The zero-order valence-electron chi connectivity index (χ0n) is 41.6. The van der Waals surface area contributed by atoms with Gasteiger partial charge in [0.2, 0.25) is 11.8 Å². The molecular formula is C51H56N12O10S2. The summed E-state index contributed by atoms with van der Waals surface area (Å²) in [6.07, 6.45) is 6.59. The molecule has 0 aliphatic carbocycles. The molecule has 9 N–H and O–H groups in total. The van der Waals surface area contributed by atoms with E-state index < -0.39 is 49.3 Å². The number of likely N-dealkylation sites (tertiary alicyclic amines) is 1. The Labute approximate surface area is 433 Å². The highest BCUT2D eigenvalue weighted by atomic mass is 32.2. The Bertz CT molecular complexity index is 3330. The van der Waals surface area contributed by atoms with Crippen molar-refractivity contribution in [3.63, 3.8) is 0 Å². The lowest BCUT2D eigenvalue weighted by atomic mass is 10.0. The van der Waals surface area contributed by atoms with Crippen LogP contribution in [0.15, 0.2) is 119 Å². The molecule has 8 rings (SSSR count). The van der Waals surface area contributed by atoms with Gasteiger partial charge in [-0.15, -0.1) is 0 Å². The first-order chi connectivity index (χ1) is 35.5. The summed E-state index contributed by atoms with van der Waals surface area (Å²) in [6.45, 7) is 9.35. The summed E-state index contributed by atoms with van der Waals surface area (Å²) < 4.78 is 57.7. The Hall–Kier alpha value is -8.35. The van der Waals surface area contributed by atoms with E-state index in [0.29, 0.717) is 40.9 Å². The van der Waals surface area contributed by atoms with Crippen LogP contribution in [0.2, 0.25) is 0 Å². The number of nitrogens with zero attached hydrogens (tertiary/aromatic N) is 5. The number of benzene rings is 4. The molecule has 22 nitrogen and oxygen atoms in total. The number of sulfonamides is 2. The van der Waals surface area contributed by atoms with Gasteiger partial charge in [-0.2, -0.15) is 0 Å². The molecule has 2 atom stereocenters. The number of hydrogen-bond acceptors (Lipinski definition) is 17. The second kappa shape index (κ2) is 22.8. The third-order valence-corrected chi connectivity index (χ3v) is 14.5. The molecule has 5 amide bonds. The molecule has 2 aliphatic heterocycles. The van der Waals surface area contributed by atoms with Gasteiger partial charge in [0, 0.05) is 48.9 Å². The minimum absolute atomic E-state index is 0.0297. The van der Waals surface area contributed by atoms with Crippen LogP contribution in [0, 0.1) is 0 Å². The fourth-order valence-electron chi connectivity index (χ4n) is 8.10. The van der Waals surface area contributed by atoms with Crippen molar-refractivity contribution < 1.29 is 45.5 Å². The third kappa shape index (κ3) is 14.0. The first-order valence-corrected chi connectivity index (χ1v) is 26.5. The Kier molecular flexibility index (Phi) is 16.6. The SMILES string of the molecule is CC(=O)NS(=O)(=O)c1ccc(NC(=O)c2nc(-c3ccc(C4CCCN4)cc3)cnc2N)cc1.CC(=O)NS(=O)(=O)c1ccc(NC(=O)c2nc(-c3ccc(C4CCCN4C(=O)OC(C)(C)C)cc3)cnc2N)cc1. The van der Waals surface area contributed by atoms with Crippen molar-refractivity contribution in [1.82, 2.24) is 39.6 Å². The molecule has 4 heterocycles. The number of anilines is 4. The van der Waals surface area contributed by atoms with Crippen LogP contribution in [0.25, 0.3) is 22.5 Å². The van der Waals surface area contributed by atoms with Crippen LogP contribution in [0.4, 0.5) is 27.8 Å². The van der Waals surface area contributed by atoms with Crippen molar-refractivity contribution in [2.24, 2.45) is 0 Å². The summed E-state index contributed by atoms with van der Waals surface area (Å²) in [7, 11) is -7.97. The van der Waals surface area contributed by atoms with E-state index >= 15 is 0 Å². The van der Waals surface area contributed by atoms with E-state index in [1.54, 1.807) is 4.90 Å². The molecule has 2 saturated heterocycles. The van der Waals surface area contributed by atoms with Crippen molar-refractivity contribution in [2.75, 3.05) is 35.2 Å². The predicted octanol–water partition coefficient (Wildman–Crippen LogP) is 6.10. The van der Waals surface area contributed by atoms with E-state index in [1.807, 2.05) is 78.7 Å². The first-order valence-electron chi connectivity index (χ1n) is 23.5. The summed E-state index contributed by atoms with van der Waals surface area (Å²) in [5, 5.41) is 8.71. The number of ether oxygens (including phenoxy) is 1. The molecule has 0 bridgehead atoms. The first kappa shape index (κ1) is 54.4. The second-order valence-corrected chi connectivity index (χ2v) is 21.8. The van der Waals surface area contributed by atoms with E-state index in [4.69, 9.17) is 16.2 Å². The normalized spacial score (nSPS) is 15.5. The lowest BCUT2D eigenvalue weighted by molar-refractivity contribution is -0.118. The lowest BCUT2D eigenvalue weighted by Crippen LogP contribution is -2.36. The highest BCUT2D eigenvalue weighted by Gasteiger charge is 2.33. The third-order valence-electron chi connectivity index (χ3n) is 11.6. The number of carbonyl (C=O) groups excluding carboxylic acids is 5. The van der Waals surface area contributed by atoms with Gasteiger partial charge in [0.25, 0.3) is 31.9 Å². The van der Waals surface area contributed by atoms with Gasteiger partial charge in [-0.1, -0.05) is 48.5 Å². The monoisotopic (exact) mass is 1060 g/mol. The Morgan fingerprint density at radius 2 is 1.07 bits per heavy atom. The van der Waals surface area contributed by atoms with Crippen LogP contribution in [0.1, 0.15) is 104 Å². The number of rotatable bonds is 12. The molecule has 0 spiro atoms. The maximum absolute atomic E-state index is 13.0. The van der Waals surface area contributed by atoms with E-state index in [0.717, 1.165) is 57.2 Å². The van der Waals surface area contributed by atoms with Crippen LogP contribution in [-0.2, 0) is 34.4 Å². The number of amides is 5. The van der Waals surface area contributed by atoms with Gasteiger partial charge in [0.1, 0.15) is 5.60 Å². The maximum Gasteiger partial charge on any atom is 0.410 e. The predicted molar refractivity (Wildman–Crippen MR) is 279 cm³/mol. The maximum atomic E-state index is 13.0. The van der Waals surface area contributed by atoms with Crippen LogP contribution in [-0.4, -0.2) is 90.1 Å². The largest absolute Gasteiger partial charge is 0.444 e. The highest BCUT2D eigenvalue weighted by Crippen LogP contribution is 2.34. The number of nitrogens with one attached hydrogen (secondary N) is 5. The summed E-state index contributed by atoms with van der Waals surface area (Å²) in [5.41, 5.74) is 16.3. The molecule has 24 heteroatoms. The lowest BCUT2D eigenvalue weighted by Gasteiger charge is -2.29. The second-order valence-electron chi connectivity index (χ2n) is 18.5. The fraction of sp³-hybridized carbons (Fsp3) is 0.275. The molecule has 6 aromatic rings. The van der Waals surface area contributed by atoms with Crippen molar-refractivity contribution in [1.29, 1.82) is 0 Å². The van der Waals surface area contributed by atoms with E-state index in [2.05, 4.69) is 35.9 Å². The van der Waals surface area contributed by atoms with E-state index in [1.165, 1.54) is 66.5 Å². The van der Waals surface area contributed by atoms with Crippen molar-refractivity contribution in [3.05, 3.63) is 132 Å². The number of nitrogens with two attached hydrogens (primary N) is 2. The van der Waals surface area contributed by atoms with Crippen LogP contribution >= 0.6 is 0 Å². The molecule has 2 fully saturated rings. The van der Waals surface area contributed by atoms with Crippen molar-refractivity contribution in [2.45, 2.75) is 87.8 Å². The topological polar surface area (TPSA) is 330 Å². The molecule has 0 radical (unpaired) electrons. The average Bonchev–Trinajstić information content (AvgIpc) is 4.08. The quantitative estimate of drug-likeness (QED) is 0.0727.